The molecule has 10 heteroatoms. The number of ether oxygens (including phenoxy) is 1. The molecule has 0 saturated carbocycles. The molecule has 1 fully saturated rings. The molecule has 10 nitrogen and oxygen atoms in total. The van der Waals surface area contributed by atoms with Crippen molar-refractivity contribution in [1.82, 2.24) is 24.7 Å². The lowest BCUT2D eigenvalue weighted by Crippen LogP contribution is -2.40. The third-order valence-electron chi connectivity index (χ3n) is 6.42. The average Bonchev–Trinajstić information content (AvgIpc) is 3.45. The summed E-state index contributed by atoms with van der Waals surface area (Å²) in [5.41, 5.74) is 3.89. The highest BCUT2D eigenvalue weighted by molar-refractivity contribution is 5.98. The van der Waals surface area contributed by atoms with Gasteiger partial charge in [-0.05, 0) is 42.2 Å². The SMILES string of the molecule is Cn1cnnc1N1CC=C(c2ccc(Nc3cnc4c(c3)N3C(=O)CC[C@H]3CO4)nc2)CC1. The Bertz CT molecular complexity index is 1240. The van der Waals surface area contributed by atoms with Gasteiger partial charge in [-0.15, -0.1) is 10.2 Å². The van der Waals surface area contributed by atoms with Crippen molar-refractivity contribution in [2.24, 2.45) is 7.05 Å². The van der Waals surface area contributed by atoms with Gasteiger partial charge in [0.25, 0.3) is 0 Å². The van der Waals surface area contributed by atoms with Gasteiger partial charge in [0.2, 0.25) is 17.7 Å². The molecule has 3 aromatic rings. The predicted octanol–water partition coefficient (Wildman–Crippen LogP) is 2.53. The number of hydrogen-bond acceptors (Lipinski definition) is 8. The van der Waals surface area contributed by atoms with E-state index in [0.29, 0.717) is 18.9 Å². The first kappa shape index (κ1) is 19.7. The molecule has 168 valence electrons. The van der Waals surface area contributed by atoms with Crippen LogP contribution in [0, 0.1) is 0 Å². The molecular weight excluding hydrogens is 420 g/mol. The van der Waals surface area contributed by atoms with Gasteiger partial charge in [-0.1, -0.05) is 6.08 Å². The highest BCUT2D eigenvalue weighted by Gasteiger charge is 2.38. The van der Waals surface area contributed by atoms with Gasteiger partial charge in [0.15, 0.2) is 0 Å². The Morgan fingerprint density at radius 3 is 2.88 bits per heavy atom. The quantitative estimate of drug-likeness (QED) is 0.655. The van der Waals surface area contributed by atoms with Gasteiger partial charge in [-0.25, -0.2) is 9.97 Å². The molecule has 6 heterocycles. The summed E-state index contributed by atoms with van der Waals surface area (Å²) < 4.78 is 7.68. The number of aryl methyl sites for hydroxylation is 1. The van der Waals surface area contributed by atoms with Crippen LogP contribution in [0.15, 0.2) is 43.0 Å². The summed E-state index contributed by atoms with van der Waals surface area (Å²) in [6.07, 6.45) is 9.84. The fraction of sp³-hybridized carbons (Fsp3) is 0.348. The number of amides is 1. The minimum atomic E-state index is 0.104. The van der Waals surface area contributed by atoms with Crippen molar-refractivity contribution in [2.45, 2.75) is 25.3 Å². The van der Waals surface area contributed by atoms with Crippen LogP contribution in [0.2, 0.25) is 0 Å². The number of nitrogens with zero attached hydrogens (tertiary/aromatic N) is 7. The monoisotopic (exact) mass is 444 g/mol. The molecule has 0 radical (unpaired) electrons. The van der Waals surface area contributed by atoms with E-state index in [9.17, 15) is 4.79 Å². The highest BCUT2D eigenvalue weighted by atomic mass is 16.5. The maximum Gasteiger partial charge on any atom is 0.238 e. The molecule has 1 amide bonds. The average molecular weight is 444 g/mol. The number of nitrogens with one attached hydrogen (secondary N) is 1. The number of pyridine rings is 2. The summed E-state index contributed by atoms with van der Waals surface area (Å²) in [6.45, 7) is 2.19. The van der Waals surface area contributed by atoms with E-state index in [1.54, 1.807) is 12.5 Å². The third-order valence-corrected chi connectivity index (χ3v) is 6.42. The van der Waals surface area contributed by atoms with Crippen molar-refractivity contribution in [1.29, 1.82) is 0 Å². The van der Waals surface area contributed by atoms with Crippen LogP contribution < -0.4 is 19.9 Å². The van der Waals surface area contributed by atoms with Crippen molar-refractivity contribution in [3.8, 4) is 5.88 Å². The number of carbonyl (C=O) groups excluding carboxylic acids is 1. The number of fused-ring (bicyclic) bond motifs is 3. The molecule has 3 aromatic heterocycles. The lowest BCUT2D eigenvalue weighted by atomic mass is 10.0. The zero-order valence-electron chi connectivity index (χ0n) is 18.3. The summed E-state index contributed by atoms with van der Waals surface area (Å²) in [4.78, 5) is 25.4. The first-order valence-corrected chi connectivity index (χ1v) is 11.1. The van der Waals surface area contributed by atoms with Crippen LogP contribution in [-0.4, -0.2) is 56.4 Å². The van der Waals surface area contributed by atoms with Crippen molar-refractivity contribution >= 4 is 34.6 Å². The Kier molecular flexibility index (Phi) is 4.70. The molecular formula is C23H24N8O2. The topological polar surface area (TPSA) is 101 Å². The van der Waals surface area contributed by atoms with Crippen LogP contribution in [-0.2, 0) is 11.8 Å². The number of rotatable bonds is 4. The van der Waals surface area contributed by atoms with E-state index in [0.717, 1.165) is 54.6 Å². The van der Waals surface area contributed by atoms with Gasteiger partial charge in [-0.2, -0.15) is 0 Å². The van der Waals surface area contributed by atoms with Crippen LogP contribution in [0.4, 0.5) is 23.1 Å². The standard InChI is InChI=1S/C23H24N8O2/c1-29-14-26-28-23(29)30-8-6-15(7-9-30)16-2-4-20(24-11-16)27-17-10-19-22(25-12-17)33-13-18-3-5-21(32)31(18)19/h2,4,6,10-12,14,18H,3,5,7-9,13H2,1H3,(H,24,27)/t18-/m0/s1. The van der Waals surface area contributed by atoms with Gasteiger partial charge >= 0.3 is 0 Å². The predicted molar refractivity (Wildman–Crippen MR) is 124 cm³/mol. The van der Waals surface area contributed by atoms with Gasteiger partial charge in [-0.3, -0.25) is 4.79 Å². The fourth-order valence-corrected chi connectivity index (χ4v) is 4.68. The summed E-state index contributed by atoms with van der Waals surface area (Å²) in [6, 6.07) is 6.06. The molecule has 1 saturated heterocycles. The maximum atomic E-state index is 12.3. The Balaban J connectivity index is 1.16. The van der Waals surface area contributed by atoms with Gasteiger partial charge in [0.05, 0.1) is 17.9 Å². The number of carbonyl (C=O) groups is 1. The van der Waals surface area contributed by atoms with Gasteiger partial charge < -0.3 is 24.4 Å². The molecule has 33 heavy (non-hydrogen) atoms. The third kappa shape index (κ3) is 3.57. The molecule has 0 aromatic carbocycles. The normalized spacial score (nSPS) is 19.6. The molecule has 1 atom stereocenters. The second-order valence-electron chi connectivity index (χ2n) is 8.54. The van der Waals surface area contributed by atoms with E-state index in [1.165, 1.54) is 5.57 Å². The molecule has 1 N–H and O–H groups in total. The minimum absolute atomic E-state index is 0.104. The van der Waals surface area contributed by atoms with E-state index < -0.39 is 0 Å². The fourth-order valence-electron chi connectivity index (χ4n) is 4.68. The number of aromatic nitrogens is 5. The van der Waals surface area contributed by atoms with Crippen LogP contribution in [0.25, 0.3) is 5.57 Å². The van der Waals surface area contributed by atoms with E-state index in [4.69, 9.17) is 4.74 Å². The van der Waals surface area contributed by atoms with E-state index in [2.05, 4.69) is 42.5 Å². The highest BCUT2D eigenvalue weighted by Crippen LogP contribution is 2.39. The van der Waals surface area contributed by atoms with Crippen molar-refractivity contribution in [3.63, 3.8) is 0 Å². The lowest BCUT2D eigenvalue weighted by Gasteiger charge is -2.31. The molecule has 0 unspecified atom stereocenters. The molecule has 0 bridgehead atoms. The lowest BCUT2D eigenvalue weighted by molar-refractivity contribution is -0.117. The zero-order valence-corrected chi connectivity index (χ0v) is 18.3. The second kappa shape index (κ2) is 7.88. The molecule has 0 spiro atoms. The molecule has 3 aliphatic rings. The summed E-state index contributed by atoms with van der Waals surface area (Å²) >= 11 is 0. The van der Waals surface area contributed by atoms with E-state index in [-0.39, 0.29) is 11.9 Å². The van der Waals surface area contributed by atoms with Crippen LogP contribution in [0.5, 0.6) is 5.88 Å². The minimum Gasteiger partial charge on any atom is -0.474 e. The van der Waals surface area contributed by atoms with Crippen LogP contribution in [0.1, 0.15) is 24.8 Å². The Labute approximate surface area is 190 Å². The Morgan fingerprint density at radius 2 is 2.12 bits per heavy atom. The molecule has 0 aliphatic carbocycles. The Morgan fingerprint density at radius 1 is 1.18 bits per heavy atom. The smallest absolute Gasteiger partial charge is 0.238 e. The van der Waals surface area contributed by atoms with Gasteiger partial charge in [0.1, 0.15) is 24.4 Å². The van der Waals surface area contributed by atoms with E-state index >= 15 is 0 Å². The van der Waals surface area contributed by atoms with Gasteiger partial charge in [0, 0.05) is 32.8 Å². The van der Waals surface area contributed by atoms with Crippen molar-refractivity contribution < 1.29 is 9.53 Å². The zero-order chi connectivity index (χ0) is 22.4. The Hall–Kier alpha value is -3.95. The van der Waals surface area contributed by atoms with E-state index in [1.807, 2.05) is 34.8 Å². The molecule has 3 aliphatic heterocycles. The first-order valence-electron chi connectivity index (χ1n) is 11.1. The number of anilines is 4. The van der Waals surface area contributed by atoms with Crippen molar-refractivity contribution in [3.05, 3.63) is 48.6 Å². The molecule has 6 rings (SSSR count). The van der Waals surface area contributed by atoms with Crippen LogP contribution >= 0.6 is 0 Å². The second-order valence-corrected chi connectivity index (χ2v) is 8.54. The number of hydrogen-bond donors (Lipinski definition) is 1. The first-order chi connectivity index (χ1) is 16.2. The largest absolute Gasteiger partial charge is 0.474 e. The summed E-state index contributed by atoms with van der Waals surface area (Å²) in [5.74, 6) is 2.24. The summed E-state index contributed by atoms with van der Waals surface area (Å²) in [5, 5.41) is 11.5. The van der Waals surface area contributed by atoms with Crippen LogP contribution in [0.3, 0.4) is 0 Å². The maximum absolute atomic E-state index is 12.3. The van der Waals surface area contributed by atoms with Crippen molar-refractivity contribution in [2.75, 3.05) is 34.8 Å². The summed E-state index contributed by atoms with van der Waals surface area (Å²) in [7, 11) is 1.95.